The normalized spacial score (nSPS) is 14.3. The van der Waals surface area contributed by atoms with E-state index in [2.05, 4.69) is 0 Å². The first-order chi connectivity index (χ1) is 12.6. The third-order valence-electron chi connectivity index (χ3n) is 4.67. The standard InChI is InChI=1S/C22H23NO3/c1-25-19-12-8-16(9-13-19)21(23)22(24,17-6-4-3-5-7-17)18-10-14-20(26-2)15-11-18/h3-15,21,24H,23H2,1-2H3. The molecule has 0 saturated carbocycles. The van der Waals surface area contributed by atoms with Crippen molar-refractivity contribution in [3.8, 4) is 11.5 Å². The molecule has 0 fully saturated rings. The van der Waals surface area contributed by atoms with Crippen molar-refractivity contribution in [1.82, 2.24) is 0 Å². The average molecular weight is 349 g/mol. The Bertz CT molecular complexity index is 832. The average Bonchev–Trinajstić information content (AvgIpc) is 2.73. The van der Waals surface area contributed by atoms with Crippen LogP contribution in [0, 0.1) is 0 Å². The summed E-state index contributed by atoms with van der Waals surface area (Å²) < 4.78 is 10.4. The van der Waals surface area contributed by atoms with Crippen LogP contribution in [0.1, 0.15) is 22.7 Å². The Hall–Kier alpha value is -2.82. The van der Waals surface area contributed by atoms with Crippen molar-refractivity contribution < 1.29 is 14.6 Å². The third kappa shape index (κ3) is 3.29. The number of nitrogens with two attached hydrogens (primary N) is 1. The van der Waals surface area contributed by atoms with Crippen molar-refractivity contribution in [2.24, 2.45) is 5.73 Å². The van der Waals surface area contributed by atoms with E-state index in [0.29, 0.717) is 5.56 Å². The molecule has 2 unspecified atom stereocenters. The Kier molecular flexibility index (Phi) is 5.26. The van der Waals surface area contributed by atoms with Gasteiger partial charge in [0.25, 0.3) is 0 Å². The zero-order valence-corrected chi connectivity index (χ0v) is 14.9. The van der Waals surface area contributed by atoms with Crippen LogP contribution in [0.4, 0.5) is 0 Å². The van der Waals surface area contributed by atoms with E-state index in [0.717, 1.165) is 22.6 Å². The van der Waals surface area contributed by atoms with Gasteiger partial charge in [-0.3, -0.25) is 0 Å². The quantitative estimate of drug-likeness (QED) is 0.713. The number of aliphatic hydroxyl groups is 1. The first kappa shape index (κ1) is 18.0. The van der Waals surface area contributed by atoms with Gasteiger partial charge in [0.2, 0.25) is 0 Å². The summed E-state index contributed by atoms with van der Waals surface area (Å²) >= 11 is 0. The molecule has 0 radical (unpaired) electrons. The van der Waals surface area contributed by atoms with Gasteiger partial charge in [0.15, 0.2) is 0 Å². The fourth-order valence-electron chi connectivity index (χ4n) is 3.12. The Labute approximate surface area is 153 Å². The molecule has 0 spiro atoms. The molecule has 0 amide bonds. The first-order valence-corrected chi connectivity index (χ1v) is 8.41. The highest BCUT2D eigenvalue weighted by atomic mass is 16.5. The van der Waals surface area contributed by atoms with Crippen LogP contribution in [-0.4, -0.2) is 19.3 Å². The van der Waals surface area contributed by atoms with Gasteiger partial charge in [-0.2, -0.15) is 0 Å². The lowest BCUT2D eigenvalue weighted by atomic mass is 9.78. The lowest BCUT2D eigenvalue weighted by Gasteiger charge is -2.35. The van der Waals surface area contributed by atoms with Crippen molar-refractivity contribution in [1.29, 1.82) is 0 Å². The highest BCUT2D eigenvalue weighted by Crippen LogP contribution is 2.40. The molecule has 3 N–H and O–H groups in total. The van der Waals surface area contributed by atoms with Crippen LogP contribution in [0.25, 0.3) is 0 Å². The maximum absolute atomic E-state index is 11.8. The van der Waals surface area contributed by atoms with E-state index >= 15 is 0 Å². The van der Waals surface area contributed by atoms with Gasteiger partial charge in [-0.15, -0.1) is 0 Å². The van der Waals surface area contributed by atoms with Gasteiger partial charge in [0, 0.05) is 0 Å². The molecule has 0 aliphatic carbocycles. The molecule has 3 aromatic carbocycles. The van der Waals surface area contributed by atoms with Gasteiger partial charge < -0.3 is 20.3 Å². The molecular weight excluding hydrogens is 326 g/mol. The number of rotatable bonds is 6. The monoisotopic (exact) mass is 349 g/mol. The molecule has 0 aliphatic rings. The smallest absolute Gasteiger partial charge is 0.134 e. The van der Waals surface area contributed by atoms with E-state index in [1.165, 1.54) is 0 Å². The molecule has 26 heavy (non-hydrogen) atoms. The summed E-state index contributed by atoms with van der Waals surface area (Å²) in [5.41, 5.74) is 7.44. The summed E-state index contributed by atoms with van der Waals surface area (Å²) in [7, 11) is 3.23. The SMILES string of the molecule is COc1ccc(C(N)C(O)(c2ccccc2)c2ccc(OC)cc2)cc1. The molecule has 3 rings (SSSR count). The van der Waals surface area contributed by atoms with Crippen LogP contribution in [0.2, 0.25) is 0 Å². The maximum atomic E-state index is 11.8. The molecule has 4 heteroatoms. The van der Waals surface area contributed by atoms with Crippen molar-refractivity contribution in [3.63, 3.8) is 0 Å². The van der Waals surface area contributed by atoms with Crippen molar-refractivity contribution in [2.45, 2.75) is 11.6 Å². The third-order valence-corrected chi connectivity index (χ3v) is 4.67. The van der Waals surface area contributed by atoms with E-state index in [1.807, 2.05) is 78.9 Å². The molecule has 2 atom stereocenters. The van der Waals surface area contributed by atoms with Gasteiger partial charge >= 0.3 is 0 Å². The van der Waals surface area contributed by atoms with E-state index in [-0.39, 0.29) is 0 Å². The predicted molar refractivity (Wildman–Crippen MR) is 102 cm³/mol. The van der Waals surface area contributed by atoms with Crippen LogP contribution in [0.3, 0.4) is 0 Å². The van der Waals surface area contributed by atoms with Crippen LogP contribution < -0.4 is 15.2 Å². The Balaban J connectivity index is 2.10. The van der Waals surface area contributed by atoms with E-state index in [9.17, 15) is 5.11 Å². The molecule has 0 bridgehead atoms. The van der Waals surface area contributed by atoms with Crippen LogP contribution in [0.5, 0.6) is 11.5 Å². The molecule has 3 aromatic rings. The topological polar surface area (TPSA) is 64.7 Å². The largest absolute Gasteiger partial charge is 0.497 e. The summed E-state index contributed by atoms with van der Waals surface area (Å²) in [5.74, 6) is 1.47. The van der Waals surface area contributed by atoms with Gasteiger partial charge in [0.05, 0.1) is 20.3 Å². The first-order valence-electron chi connectivity index (χ1n) is 8.41. The Morgan fingerprint density at radius 2 is 1.19 bits per heavy atom. The second kappa shape index (κ2) is 7.60. The maximum Gasteiger partial charge on any atom is 0.134 e. The van der Waals surface area contributed by atoms with Crippen molar-refractivity contribution in [3.05, 3.63) is 95.6 Å². The number of ether oxygens (including phenoxy) is 2. The molecular formula is C22H23NO3. The minimum absolute atomic E-state index is 0.663. The summed E-state index contributed by atoms with van der Waals surface area (Å²) in [5, 5.41) is 11.8. The second-order valence-electron chi connectivity index (χ2n) is 6.11. The molecule has 0 aromatic heterocycles. The van der Waals surface area contributed by atoms with E-state index < -0.39 is 11.6 Å². The zero-order valence-electron chi connectivity index (χ0n) is 14.9. The van der Waals surface area contributed by atoms with Gasteiger partial charge in [-0.1, -0.05) is 54.6 Å². The van der Waals surface area contributed by atoms with Gasteiger partial charge in [-0.25, -0.2) is 0 Å². The molecule has 0 saturated heterocycles. The number of methoxy groups -OCH3 is 2. The van der Waals surface area contributed by atoms with Crippen molar-refractivity contribution in [2.75, 3.05) is 14.2 Å². The summed E-state index contributed by atoms with van der Waals surface area (Å²) in [6.45, 7) is 0. The molecule has 134 valence electrons. The molecule has 0 heterocycles. The molecule has 0 aliphatic heterocycles. The lowest BCUT2D eigenvalue weighted by Crippen LogP contribution is -2.39. The summed E-state index contributed by atoms with van der Waals surface area (Å²) in [4.78, 5) is 0. The zero-order chi connectivity index (χ0) is 18.6. The predicted octanol–water partition coefficient (Wildman–Crippen LogP) is 3.64. The minimum Gasteiger partial charge on any atom is -0.497 e. The highest BCUT2D eigenvalue weighted by molar-refractivity contribution is 5.43. The Morgan fingerprint density at radius 3 is 1.69 bits per heavy atom. The minimum atomic E-state index is -1.39. The van der Waals surface area contributed by atoms with Crippen LogP contribution >= 0.6 is 0 Å². The second-order valence-corrected chi connectivity index (χ2v) is 6.11. The number of hydrogen-bond donors (Lipinski definition) is 2. The van der Waals surface area contributed by atoms with E-state index in [4.69, 9.17) is 15.2 Å². The van der Waals surface area contributed by atoms with Crippen molar-refractivity contribution >= 4 is 0 Å². The van der Waals surface area contributed by atoms with Crippen LogP contribution in [-0.2, 0) is 5.60 Å². The van der Waals surface area contributed by atoms with Crippen LogP contribution in [0.15, 0.2) is 78.9 Å². The van der Waals surface area contributed by atoms with Gasteiger partial charge in [-0.05, 0) is 41.0 Å². The summed E-state index contributed by atoms with van der Waals surface area (Å²) in [6.07, 6.45) is 0. The number of hydrogen-bond acceptors (Lipinski definition) is 4. The van der Waals surface area contributed by atoms with Gasteiger partial charge in [0.1, 0.15) is 17.1 Å². The van der Waals surface area contributed by atoms with E-state index in [1.54, 1.807) is 14.2 Å². The fourth-order valence-corrected chi connectivity index (χ4v) is 3.12. The highest BCUT2D eigenvalue weighted by Gasteiger charge is 2.39. The number of benzene rings is 3. The lowest BCUT2D eigenvalue weighted by molar-refractivity contribution is 0.0511. The summed E-state index contributed by atoms with van der Waals surface area (Å²) in [6, 6.07) is 23.6. The Morgan fingerprint density at radius 1 is 0.731 bits per heavy atom. The molecule has 4 nitrogen and oxygen atoms in total. The fraction of sp³-hybridized carbons (Fsp3) is 0.182.